The number of nitrogens with one attached hydrogen (secondary N) is 1. The van der Waals surface area contributed by atoms with Crippen LogP contribution in [-0.2, 0) is 4.79 Å². The molecule has 0 saturated carbocycles. The Morgan fingerprint density at radius 2 is 2.24 bits per heavy atom. The molecule has 7 nitrogen and oxygen atoms in total. The van der Waals surface area contributed by atoms with E-state index in [0.29, 0.717) is 29.5 Å². The zero-order chi connectivity index (χ0) is 17.8. The van der Waals surface area contributed by atoms with Gasteiger partial charge in [0.05, 0.1) is 0 Å². The number of likely N-dealkylation sites (tertiary alicyclic amines) is 1. The minimum Gasteiger partial charge on any atom is -0.337 e. The van der Waals surface area contributed by atoms with Gasteiger partial charge in [0.25, 0.3) is 5.91 Å². The highest BCUT2D eigenvalue weighted by Crippen LogP contribution is 2.31. The Kier molecular flexibility index (Phi) is 4.92. The Labute approximate surface area is 145 Å². The van der Waals surface area contributed by atoms with E-state index in [-0.39, 0.29) is 17.9 Å². The van der Waals surface area contributed by atoms with E-state index in [1.807, 2.05) is 0 Å². The summed E-state index contributed by atoms with van der Waals surface area (Å²) in [7, 11) is 0. The first-order valence-corrected chi connectivity index (χ1v) is 8.23. The van der Waals surface area contributed by atoms with Gasteiger partial charge in [0.1, 0.15) is 6.04 Å². The molecule has 1 aliphatic heterocycles. The van der Waals surface area contributed by atoms with Crippen LogP contribution in [0.15, 0.2) is 41.4 Å². The second kappa shape index (κ2) is 7.29. The molecule has 130 valence electrons. The summed E-state index contributed by atoms with van der Waals surface area (Å²) < 4.78 is 5.29. The van der Waals surface area contributed by atoms with E-state index in [4.69, 9.17) is 4.52 Å². The van der Waals surface area contributed by atoms with E-state index in [2.05, 4.69) is 22.0 Å². The van der Waals surface area contributed by atoms with Gasteiger partial charge < -0.3 is 14.7 Å². The van der Waals surface area contributed by atoms with Crippen molar-refractivity contribution in [2.24, 2.45) is 0 Å². The van der Waals surface area contributed by atoms with Gasteiger partial charge in [-0.2, -0.15) is 4.98 Å². The molecule has 1 aliphatic rings. The summed E-state index contributed by atoms with van der Waals surface area (Å²) in [5, 5.41) is 6.50. The highest BCUT2D eigenvalue weighted by Gasteiger charge is 2.32. The second-order valence-electron chi connectivity index (χ2n) is 5.96. The Balaban J connectivity index is 1.84. The molecule has 0 bridgehead atoms. The monoisotopic (exact) mass is 340 g/mol. The zero-order valence-electron chi connectivity index (χ0n) is 14.1. The van der Waals surface area contributed by atoms with Crippen LogP contribution < -0.4 is 5.32 Å². The van der Waals surface area contributed by atoms with Crippen LogP contribution in [0.4, 0.5) is 5.69 Å². The maximum Gasteiger partial charge on any atom is 0.254 e. The smallest absolute Gasteiger partial charge is 0.254 e. The second-order valence-corrected chi connectivity index (χ2v) is 5.96. The average Bonchev–Trinajstić information content (AvgIpc) is 3.07. The van der Waals surface area contributed by atoms with Gasteiger partial charge >= 0.3 is 0 Å². The molecule has 0 radical (unpaired) electrons. The minimum absolute atomic E-state index is 0.116. The molecule has 0 aliphatic carbocycles. The van der Waals surface area contributed by atoms with Gasteiger partial charge in [-0.1, -0.05) is 17.8 Å². The maximum absolute atomic E-state index is 13.0. The first-order valence-electron chi connectivity index (χ1n) is 8.23. The van der Waals surface area contributed by atoms with Crippen LogP contribution in [0, 0.1) is 6.92 Å². The number of rotatable bonds is 4. The number of amides is 2. The van der Waals surface area contributed by atoms with E-state index in [1.54, 1.807) is 36.1 Å². The largest absolute Gasteiger partial charge is 0.337 e. The molecule has 2 heterocycles. The lowest BCUT2D eigenvalue weighted by molar-refractivity contribution is -0.111. The Morgan fingerprint density at radius 1 is 1.40 bits per heavy atom. The van der Waals surface area contributed by atoms with Crippen LogP contribution in [0.2, 0.25) is 0 Å². The number of hydrogen-bond acceptors (Lipinski definition) is 5. The Bertz CT molecular complexity index is 799. The van der Waals surface area contributed by atoms with Crippen LogP contribution in [0.25, 0.3) is 0 Å². The summed E-state index contributed by atoms with van der Waals surface area (Å²) in [6, 6.07) is 6.65. The van der Waals surface area contributed by atoms with Crippen molar-refractivity contribution in [1.29, 1.82) is 0 Å². The van der Waals surface area contributed by atoms with Gasteiger partial charge in [-0.15, -0.1) is 0 Å². The third-order valence-corrected chi connectivity index (χ3v) is 4.15. The number of anilines is 1. The summed E-state index contributed by atoms with van der Waals surface area (Å²) in [5.41, 5.74) is 1.06. The lowest BCUT2D eigenvalue weighted by atomic mass is 10.0. The first-order chi connectivity index (χ1) is 12.1. The van der Waals surface area contributed by atoms with Crippen molar-refractivity contribution in [3.63, 3.8) is 0 Å². The SMILES string of the molecule is C=CC(=O)Nc1cccc(C(=O)N2CCCCC2c2nc(C)no2)c1. The molecule has 2 amide bonds. The van der Waals surface area contributed by atoms with E-state index in [0.717, 1.165) is 19.3 Å². The number of carbonyl (C=O) groups excluding carboxylic acids is 2. The number of aromatic nitrogens is 2. The molecule has 7 heteroatoms. The summed E-state index contributed by atoms with van der Waals surface area (Å²) >= 11 is 0. The lowest BCUT2D eigenvalue weighted by Crippen LogP contribution is -2.38. The number of aryl methyl sites for hydroxylation is 1. The van der Waals surface area contributed by atoms with Crippen molar-refractivity contribution >= 4 is 17.5 Å². The van der Waals surface area contributed by atoms with Gasteiger partial charge in [-0.05, 0) is 50.5 Å². The van der Waals surface area contributed by atoms with Crippen molar-refractivity contribution in [2.45, 2.75) is 32.2 Å². The molecular weight excluding hydrogens is 320 g/mol. The highest BCUT2D eigenvalue weighted by atomic mass is 16.5. The molecule has 1 aromatic heterocycles. The van der Waals surface area contributed by atoms with Gasteiger partial charge in [0.2, 0.25) is 11.8 Å². The Hall–Kier alpha value is -2.96. The topological polar surface area (TPSA) is 88.3 Å². The van der Waals surface area contributed by atoms with Crippen molar-refractivity contribution in [3.05, 3.63) is 54.2 Å². The molecule has 25 heavy (non-hydrogen) atoms. The third kappa shape index (κ3) is 3.76. The fourth-order valence-corrected chi connectivity index (χ4v) is 2.97. The third-order valence-electron chi connectivity index (χ3n) is 4.15. The van der Waals surface area contributed by atoms with Gasteiger partial charge in [0, 0.05) is 17.8 Å². The molecule has 1 atom stereocenters. The lowest BCUT2D eigenvalue weighted by Gasteiger charge is -2.33. The summed E-state index contributed by atoms with van der Waals surface area (Å²) in [6.45, 7) is 5.81. The fourth-order valence-electron chi connectivity index (χ4n) is 2.97. The van der Waals surface area contributed by atoms with Gasteiger partial charge in [0.15, 0.2) is 5.82 Å². The van der Waals surface area contributed by atoms with Crippen molar-refractivity contribution in [2.75, 3.05) is 11.9 Å². The van der Waals surface area contributed by atoms with E-state index in [1.165, 1.54) is 6.08 Å². The standard InChI is InChI=1S/C18H20N4O3/c1-3-16(23)20-14-8-6-7-13(11-14)18(24)22-10-5-4-9-15(22)17-19-12(2)21-25-17/h3,6-8,11,15H,1,4-5,9-10H2,2H3,(H,20,23). The molecule has 3 rings (SSSR count). The normalized spacial score (nSPS) is 17.2. The molecule has 1 aromatic carbocycles. The van der Waals surface area contributed by atoms with Crippen LogP contribution >= 0.6 is 0 Å². The van der Waals surface area contributed by atoms with Crippen molar-refractivity contribution < 1.29 is 14.1 Å². The molecule has 0 spiro atoms. The zero-order valence-corrected chi connectivity index (χ0v) is 14.1. The van der Waals surface area contributed by atoms with E-state index in [9.17, 15) is 9.59 Å². The molecule has 2 aromatic rings. The predicted octanol–water partition coefficient (Wildman–Crippen LogP) is 2.87. The first kappa shape index (κ1) is 16.9. The summed E-state index contributed by atoms with van der Waals surface area (Å²) in [4.78, 5) is 30.5. The molecule has 1 unspecified atom stereocenters. The summed E-state index contributed by atoms with van der Waals surface area (Å²) in [6.07, 6.45) is 3.92. The number of hydrogen-bond donors (Lipinski definition) is 1. The van der Waals surface area contributed by atoms with Gasteiger partial charge in [-0.3, -0.25) is 9.59 Å². The number of nitrogens with zero attached hydrogens (tertiary/aromatic N) is 3. The highest BCUT2D eigenvalue weighted by molar-refractivity contribution is 6.00. The van der Waals surface area contributed by atoms with Crippen LogP contribution in [-0.4, -0.2) is 33.4 Å². The van der Waals surface area contributed by atoms with Crippen LogP contribution in [0.1, 0.15) is 47.4 Å². The van der Waals surface area contributed by atoms with Crippen molar-refractivity contribution in [1.82, 2.24) is 15.0 Å². The van der Waals surface area contributed by atoms with Gasteiger partial charge in [-0.25, -0.2) is 0 Å². The van der Waals surface area contributed by atoms with Crippen molar-refractivity contribution in [3.8, 4) is 0 Å². The Morgan fingerprint density at radius 3 is 2.96 bits per heavy atom. The maximum atomic E-state index is 13.0. The predicted molar refractivity (Wildman–Crippen MR) is 91.9 cm³/mol. The minimum atomic E-state index is -0.318. The van der Waals surface area contributed by atoms with E-state index >= 15 is 0 Å². The molecule has 1 N–H and O–H groups in total. The molecule has 1 saturated heterocycles. The molecule has 1 fully saturated rings. The quantitative estimate of drug-likeness (QED) is 0.865. The fraction of sp³-hybridized carbons (Fsp3) is 0.333. The number of benzene rings is 1. The summed E-state index contributed by atoms with van der Waals surface area (Å²) in [5.74, 6) is 0.598. The number of piperidine rings is 1. The average molecular weight is 340 g/mol. The van der Waals surface area contributed by atoms with Crippen LogP contribution in [0.3, 0.4) is 0 Å². The van der Waals surface area contributed by atoms with Crippen LogP contribution in [0.5, 0.6) is 0 Å². The van der Waals surface area contributed by atoms with E-state index < -0.39 is 0 Å². The number of carbonyl (C=O) groups is 2. The molecular formula is C18H20N4O3.